The van der Waals surface area contributed by atoms with E-state index in [1.165, 1.54) is 0 Å². The SMILES string of the molecule is CC(F)(F)C(F)(F)C(F)(F)C(F)(F)C(F)(F)C(F)(F)C(F)(F)C(F)(F)CCn1c(S)c(S)n(CCC(F)(F)C(F)(F)C(F)(F)C(F)(F)C(F)(F)C(F)(F)C(F)(F)C(F)(F)F)c1=S. The fourth-order valence-electron chi connectivity index (χ4n) is 4.28. The molecule has 38 heteroatoms. The summed E-state index contributed by atoms with van der Waals surface area (Å²) in [6.45, 7) is -6.24. The van der Waals surface area contributed by atoms with Gasteiger partial charge in [0.15, 0.2) is 4.77 Å². The van der Waals surface area contributed by atoms with Crippen molar-refractivity contribution in [3.63, 3.8) is 0 Å². The summed E-state index contributed by atoms with van der Waals surface area (Å²) in [5, 5.41) is -2.92. The van der Waals surface area contributed by atoms with Gasteiger partial charge in [-0.3, -0.25) is 0 Å². The lowest BCUT2D eigenvalue weighted by molar-refractivity contribution is -0.461. The molecule has 2 nitrogen and oxygen atoms in total. The largest absolute Gasteiger partial charge is 0.460 e. The third kappa shape index (κ3) is 7.69. The number of rotatable bonds is 19. The first kappa shape index (κ1) is 57.8. The maximum Gasteiger partial charge on any atom is 0.460 e. The van der Waals surface area contributed by atoms with E-state index in [4.69, 9.17) is 0 Å². The van der Waals surface area contributed by atoms with Crippen LogP contribution in [0.4, 0.5) is 145 Å². The zero-order valence-corrected chi connectivity index (χ0v) is 30.6. The van der Waals surface area contributed by atoms with Crippen LogP contribution in [-0.2, 0) is 13.1 Å². The van der Waals surface area contributed by atoms with Crippen LogP contribution < -0.4 is 0 Å². The second kappa shape index (κ2) is 15.4. The molecule has 0 N–H and O–H groups in total. The van der Waals surface area contributed by atoms with Gasteiger partial charge in [-0.1, -0.05) is 0 Å². The van der Waals surface area contributed by atoms with Crippen molar-refractivity contribution in [2.24, 2.45) is 0 Å². The minimum absolute atomic E-state index is 0.476. The van der Waals surface area contributed by atoms with Crippen molar-refractivity contribution in [3.05, 3.63) is 4.77 Å². The number of imidazole rings is 1. The second-order valence-corrected chi connectivity index (χ2v) is 13.6. The quantitative estimate of drug-likeness (QED) is 0.0798. The molecule has 0 spiro atoms. The smallest absolute Gasteiger partial charge is 0.311 e. The van der Waals surface area contributed by atoms with Crippen LogP contribution in [0.25, 0.3) is 0 Å². The molecule has 0 aliphatic heterocycles. The van der Waals surface area contributed by atoms with E-state index in [1.807, 2.05) is 0 Å². The van der Waals surface area contributed by atoms with E-state index in [0.29, 0.717) is 0 Å². The van der Waals surface area contributed by atoms with Crippen LogP contribution in [0.5, 0.6) is 0 Å². The molecule has 0 saturated carbocycles. The Labute approximate surface area is 334 Å². The van der Waals surface area contributed by atoms with Crippen molar-refractivity contribution >= 4 is 37.5 Å². The summed E-state index contributed by atoms with van der Waals surface area (Å²) in [6.07, 6.45) is -14.7. The Morgan fingerprint density at radius 3 is 0.742 bits per heavy atom. The highest BCUT2D eigenvalue weighted by Gasteiger charge is 2.96. The summed E-state index contributed by atoms with van der Waals surface area (Å²) in [5.41, 5.74) is 0. The van der Waals surface area contributed by atoms with Crippen molar-refractivity contribution in [1.29, 1.82) is 0 Å². The van der Waals surface area contributed by atoms with Gasteiger partial charge in [-0.15, -0.1) is 25.3 Å². The molecule has 0 unspecified atom stereocenters. The van der Waals surface area contributed by atoms with Crippen LogP contribution in [0.1, 0.15) is 19.8 Å². The van der Waals surface area contributed by atoms with Crippen LogP contribution in [0, 0.1) is 4.77 Å². The maximum absolute atomic E-state index is 14.4. The van der Waals surface area contributed by atoms with E-state index in [2.05, 4.69) is 37.5 Å². The molecule has 0 aliphatic rings. The molecule has 1 aromatic heterocycles. The normalized spacial score (nSPS) is 16.4. The summed E-state index contributed by atoms with van der Waals surface area (Å²) in [4.78, 5) is 0. The number of hydrogen-bond acceptors (Lipinski definition) is 3. The van der Waals surface area contributed by atoms with Crippen LogP contribution in [0.3, 0.4) is 0 Å². The first-order valence-corrected chi connectivity index (χ1v) is 15.7. The van der Waals surface area contributed by atoms with E-state index < -0.39 is 152 Å². The zero-order chi connectivity index (χ0) is 50.7. The van der Waals surface area contributed by atoms with Crippen molar-refractivity contribution in [2.45, 2.75) is 138 Å². The predicted octanol–water partition coefficient (Wildman–Crippen LogP) is 13.5. The van der Waals surface area contributed by atoms with Crippen LogP contribution >= 0.6 is 37.5 Å². The van der Waals surface area contributed by atoms with Gasteiger partial charge in [0.25, 0.3) is 0 Å². The minimum Gasteiger partial charge on any atom is -0.311 e. The van der Waals surface area contributed by atoms with E-state index >= 15 is 0 Å². The highest BCUT2D eigenvalue weighted by Crippen LogP contribution is 2.66. The van der Waals surface area contributed by atoms with Gasteiger partial charge in [0.05, 0.1) is 0 Å². The van der Waals surface area contributed by atoms with Crippen LogP contribution in [-0.4, -0.2) is 104 Å². The molecule has 0 bridgehead atoms. The van der Waals surface area contributed by atoms with Gasteiger partial charge in [0.2, 0.25) is 0 Å². The fourth-order valence-corrected chi connectivity index (χ4v) is 5.41. The Kier molecular flexibility index (Phi) is 14.4. The average molecular weight is 1050 g/mol. The number of alkyl halides is 33. The number of nitrogens with zero attached hydrogens (tertiary/aromatic N) is 2. The lowest BCUT2D eigenvalue weighted by atomic mass is 9.87. The van der Waals surface area contributed by atoms with Gasteiger partial charge >= 0.3 is 95.0 Å². The zero-order valence-electron chi connectivity index (χ0n) is 28.0. The number of aromatic nitrogens is 2. The van der Waals surface area contributed by atoms with Crippen LogP contribution in [0.15, 0.2) is 10.1 Å². The Morgan fingerprint density at radius 1 is 0.339 bits per heavy atom. The molecular weight excluding hydrogens is 1040 g/mol. The molecular formula is C24H13F33N2S3. The van der Waals surface area contributed by atoms with Gasteiger partial charge in [-0.05, 0) is 12.2 Å². The monoisotopic (exact) mass is 1050 g/mol. The predicted molar refractivity (Wildman–Crippen MR) is 143 cm³/mol. The molecule has 0 atom stereocenters. The highest BCUT2D eigenvalue weighted by molar-refractivity contribution is 7.83. The molecule has 0 saturated heterocycles. The Bertz CT molecular complexity index is 1720. The lowest BCUT2D eigenvalue weighted by Crippen LogP contribution is -2.74. The van der Waals surface area contributed by atoms with Gasteiger partial charge < -0.3 is 9.13 Å². The molecule has 62 heavy (non-hydrogen) atoms. The van der Waals surface area contributed by atoms with E-state index in [1.54, 1.807) is 0 Å². The van der Waals surface area contributed by atoms with Gasteiger partial charge in [0.1, 0.15) is 10.1 Å². The highest BCUT2D eigenvalue weighted by atomic mass is 32.1. The van der Waals surface area contributed by atoms with E-state index in [9.17, 15) is 145 Å². The third-order valence-electron chi connectivity index (χ3n) is 8.24. The molecule has 0 aromatic carbocycles. The Balaban J connectivity index is 3.63. The van der Waals surface area contributed by atoms with E-state index in [-0.39, 0.29) is 0 Å². The van der Waals surface area contributed by atoms with Crippen molar-refractivity contribution < 1.29 is 145 Å². The van der Waals surface area contributed by atoms with E-state index in [0.717, 1.165) is 0 Å². The van der Waals surface area contributed by atoms with Crippen molar-refractivity contribution in [2.75, 3.05) is 0 Å². The number of halogens is 33. The second-order valence-electron chi connectivity index (χ2n) is 12.4. The summed E-state index contributed by atoms with van der Waals surface area (Å²) < 4.78 is 448. The first-order chi connectivity index (χ1) is 26.4. The van der Waals surface area contributed by atoms with Gasteiger partial charge in [-0.25, -0.2) is 0 Å². The maximum atomic E-state index is 14.4. The molecule has 0 radical (unpaired) electrons. The standard InChI is InChI=1S/C24H13F33N2S3/c1-9(25,26)12(31,32)15(37,38)18(43,44)19(45,46)16(39,40)13(33,34)10(27,28)2-4-58-6(60)7(61)59(8(58)62)5-3-11(29,30)14(35,36)17(41,42)20(47,48)21(49,50)22(51,52)23(53,54)24(55,56)57/h60-61H,2-5H2,1H3. The molecule has 0 amide bonds. The average Bonchev–Trinajstić information content (AvgIpc) is 3.26. The van der Waals surface area contributed by atoms with Gasteiger partial charge in [0, 0.05) is 32.9 Å². The summed E-state index contributed by atoms with van der Waals surface area (Å²) in [5.74, 6) is -124. The topological polar surface area (TPSA) is 9.86 Å². The first-order valence-electron chi connectivity index (χ1n) is 14.4. The molecule has 1 aromatic rings. The summed E-state index contributed by atoms with van der Waals surface area (Å²) in [6, 6.07) is 0. The van der Waals surface area contributed by atoms with Crippen molar-refractivity contribution in [1.82, 2.24) is 9.13 Å². The Hall–Kier alpha value is -2.18. The summed E-state index contributed by atoms with van der Waals surface area (Å²) in [7, 11) is 0. The summed E-state index contributed by atoms with van der Waals surface area (Å²) >= 11 is 10.8. The van der Waals surface area contributed by atoms with Crippen molar-refractivity contribution in [3.8, 4) is 0 Å². The lowest BCUT2D eigenvalue weighted by Gasteiger charge is -2.43. The minimum atomic E-state index is -9.02. The third-order valence-corrected chi connectivity index (χ3v) is 9.77. The molecule has 0 fully saturated rings. The molecule has 1 rings (SSSR count). The molecule has 368 valence electrons. The van der Waals surface area contributed by atoms with Crippen LogP contribution in [0.2, 0.25) is 0 Å². The Morgan fingerprint density at radius 2 is 0.532 bits per heavy atom. The number of thiol groups is 2. The molecule has 1 heterocycles. The number of hydrogen-bond donors (Lipinski definition) is 2. The van der Waals surface area contributed by atoms with Gasteiger partial charge in [-0.2, -0.15) is 145 Å². The molecule has 0 aliphatic carbocycles. The fraction of sp³-hybridized carbons (Fsp3) is 0.875.